The Morgan fingerprint density at radius 1 is 1.25 bits per heavy atom. The maximum absolute atomic E-state index is 2.49. The van der Waals surface area contributed by atoms with Crippen molar-refractivity contribution < 1.29 is 0 Å². The first kappa shape index (κ1) is 15.5. The molecule has 112 valence electrons. The van der Waals surface area contributed by atoms with Gasteiger partial charge >= 0.3 is 0 Å². The third kappa shape index (κ3) is 3.42. The fourth-order valence-corrected chi connectivity index (χ4v) is 3.74. The molecule has 0 spiro atoms. The average Bonchev–Trinajstić information content (AvgIpc) is 2.78. The molecule has 1 atom stereocenters. The van der Waals surface area contributed by atoms with E-state index in [9.17, 15) is 0 Å². The molecule has 0 amide bonds. The zero-order chi connectivity index (χ0) is 14.6. The Balaban J connectivity index is 2.33. The van der Waals surface area contributed by atoms with Gasteiger partial charge in [0.2, 0.25) is 0 Å². The van der Waals surface area contributed by atoms with Gasteiger partial charge in [-0.15, -0.1) is 0 Å². The van der Waals surface area contributed by atoms with Gasteiger partial charge in [-0.3, -0.25) is 0 Å². The quantitative estimate of drug-likeness (QED) is 0.786. The van der Waals surface area contributed by atoms with Crippen LogP contribution in [0.25, 0.3) is 0 Å². The van der Waals surface area contributed by atoms with Crippen molar-refractivity contribution in [3.8, 4) is 0 Å². The lowest BCUT2D eigenvalue weighted by Crippen LogP contribution is -2.40. The molecule has 1 fully saturated rings. The number of likely N-dealkylation sites (N-methyl/N-ethyl adjacent to an activating group) is 2. The maximum Gasteiger partial charge on any atom is 0.0222 e. The largest absolute Gasteiger partial charge is 0.308 e. The van der Waals surface area contributed by atoms with E-state index >= 15 is 0 Å². The van der Waals surface area contributed by atoms with Crippen LogP contribution in [-0.2, 0) is 11.8 Å². The SMILES string of the molecule is CCCCc1ccccc1C1(CN(C)C)CCN(C)C1. The molecule has 0 bridgehead atoms. The molecule has 1 heterocycles. The Kier molecular flexibility index (Phi) is 5.22. The van der Waals surface area contributed by atoms with Gasteiger partial charge in [0.05, 0.1) is 0 Å². The molecule has 20 heavy (non-hydrogen) atoms. The lowest BCUT2D eigenvalue weighted by molar-refractivity contribution is 0.274. The smallest absolute Gasteiger partial charge is 0.0222 e. The van der Waals surface area contributed by atoms with Crippen LogP contribution in [0.1, 0.15) is 37.3 Å². The first-order valence-corrected chi connectivity index (χ1v) is 7.99. The summed E-state index contributed by atoms with van der Waals surface area (Å²) < 4.78 is 0. The van der Waals surface area contributed by atoms with Crippen molar-refractivity contribution in [2.45, 2.75) is 38.0 Å². The van der Waals surface area contributed by atoms with Gasteiger partial charge in [0.15, 0.2) is 0 Å². The molecule has 0 saturated carbocycles. The first-order chi connectivity index (χ1) is 9.57. The Bertz CT molecular complexity index is 427. The van der Waals surface area contributed by atoms with E-state index in [1.807, 2.05) is 0 Å². The van der Waals surface area contributed by atoms with E-state index in [0.29, 0.717) is 5.41 Å². The molecule has 2 nitrogen and oxygen atoms in total. The van der Waals surface area contributed by atoms with Gasteiger partial charge in [0, 0.05) is 18.5 Å². The topological polar surface area (TPSA) is 6.48 Å². The summed E-state index contributed by atoms with van der Waals surface area (Å²) in [6, 6.07) is 9.16. The van der Waals surface area contributed by atoms with Crippen LogP contribution < -0.4 is 0 Å². The van der Waals surface area contributed by atoms with Crippen LogP contribution in [0.15, 0.2) is 24.3 Å². The molecule has 1 aliphatic rings. The summed E-state index contributed by atoms with van der Waals surface area (Å²) in [4.78, 5) is 4.84. The van der Waals surface area contributed by atoms with E-state index in [-0.39, 0.29) is 0 Å². The standard InChI is InChI=1S/C18H30N2/c1-5-6-9-16-10-7-8-11-17(16)18(14-19(2)3)12-13-20(4)15-18/h7-8,10-11H,5-6,9,12-15H2,1-4H3. The van der Waals surface area contributed by atoms with Crippen LogP contribution in [0.2, 0.25) is 0 Å². The molecule has 0 aromatic heterocycles. The second-order valence-electron chi connectivity index (χ2n) is 6.77. The highest BCUT2D eigenvalue weighted by Gasteiger charge is 2.39. The fraction of sp³-hybridized carbons (Fsp3) is 0.667. The number of nitrogens with zero attached hydrogens (tertiary/aromatic N) is 2. The van der Waals surface area contributed by atoms with Crippen LogP contribution in [0.3, 0.4) is 0 Å². The average molecular weight is 274 g/mol. The molecule has 0 radical (unpaired) electrons. The van der Waals surface area contributed by atoms with Crippen LogP contribution in [0, 0.1) is 0 Å². The van der Waals surface area contributed by atoms with Gasteiger partial charge in [-0.25, -0.2) is 0 Å². The number of benzene rings is 1. The third-order valence-electron chi connectivity index (χ3n) is 4.55. The third-order valence-corrected chi connectivity index (χ3v) is 4.55. The number of unbranched alkanes of at least 4 members (excludes halogenated alkanes) is 1. The van der Waals surface area contributed by atoms with Crippen molar-refractivity contribution in [2.24, 2.45) is 0 Å². The maximum atomic E-state index is 2.49. The summed E-state index contributed by atoms with van der Waals surface area (Å²) in [5, 5.41) is 0. The number of hydrogen-bond acceptors (Lipinski definition) is 2. The summed E-state index contributed by atoms with van der Waals surface area (Å²) in [6.45, 7) is 5.84. The van der Waals surface area contributed by atoms with Crippen molar-refractivity contribution in [3.63, 3.8) is 0 Å². The molecule has 2 heteroatoms. The van der Waals surface area contributed by atoms with Crippen molar-refractivity contribution >= 4 is 0 Å². The Labute approximate surface area is 124 Å². The highest BCUT2D eigenvalue weighted by atomic mass is 15.2. The molecule has 1 saturated heterocycles. The molecule has 0 N–H and O–H groups in total. The van der Waals surface area contributed by atoms with Crippen molar-refractivity contribution in [2.75, 3.05) is 40.8 Å². The minimum Gasteiger partial charge on any atom is -0.308 e. The van der Waals surface area contributed by atoms with Gasteiger partial charge < -0.3 is 9.80 Å². The fourth-order valence-electron chi connectivity index (χ4n) is 3.74. The molecule has 0 aliphatic carbocycles. The number of aryl methyl sites for hydroxylation is 1. The van der Waals surface area contributed by atoms with Crippen molar-refractivity contribution in [1.29, 1.82) is 0 Å². The lowest BCUT2D eigenvalue weighted by atomic mass is 9.76. The van der Waals surface area contributed by atoms with E-state index in [2.05, 4.69) is 62.1 Å². The second-order valence-corrected chi connectivity index (χ2v) is 6.77. The van der Waals surface area contributed by atoms with Gasteiger partial charge in [-0.05, 0) is 58.1 Å². The summed E-state index contributed by atoms with van der Waals surface area (Å²) in [5.74, 6) is 0. The van der Waals surface area contributed by atoms with Crippen LogP contribution in [0.5, 0.6) is 0 Å². The molecule has 1 aromatic carbocycles. The molecule has 1 aliphatic heterocycles. The number of hydrogen-bond donors (Lipinski definition) is 0. The van der Waals surface area contributed by atoms with E-state index < -0.39 is 0 Å². The highest BCUT2D eigenvalue weighted by Crippen LogP contribution is 2.37. The summed E-state index contributed by atoms with van der Waals surface area (Å²) in [5.41, 5.74) is 3.50. The highest BCUT2D eigenvalue weighted by molar-refractivity contribution is 5.36. The number of rotatable bonds is 6. The van der Waals surface area contributed by atoms with E-state index in [1.54, 1.807) is 11.1 Å². The Morgan fingerprint density at radius 2 is 2.00 bits per heavy atom. The molecule has 1 aromatic rings. The minimum absolute atomic E-state index is 0.322. The molecular formula is C18H30N2. The normalized spacial score (nSPS) is 23.6. The Hall–Kier alpha value is -0.860. The van der Waals surface area contributed by atoms with Crippen LogP contribution in [-0.4, -0.2) is 50.6 Å². The zero-order valence-electron chi connectivity index (χ0n) is 13.7. The van der Waals surface area contributed by atoms with Gasteiger partial charge in [-0.1, -0.05) is 37.6 Å². The summed E-state index contributed by atoms with van der Waals surface area (Å²) in [6.07, 6.45) is 5.08. The molecule has 2 rings (SSSR count). The Morgan fingerprint density at radius 3 is 2.60 bits per heavy atom. The zero-order valence-corrected chi connectivity index (χ0v) is 13.7. The molecule has 1 unspecified atom stereocenters. The predicted molar refractivity (Wildman–Crippen MR) is 87.4 cm³/mol. The van der Waals surface area contributed by atoms with Gasteiger partial charge in [-0.2, -0.15) is 0 Å². The van der Waals surface area contributed by atoms with Gasteiger partial charge in [0.1, 0.15) is 0 Å². The van der Waals surface area contributed by atoms with E-state index in [1.165, 1.54) is 38.8 Å². The number of likely N-dealkylation sites (tertiary alicyclic amines) is 1. The summed E-state index contributed by atoms with van der Waals surface area (Å²) >= 11 is 0. The second kappa shape index (κ2) is 6.73. The van der Waals surface area contributed by atoms with Crippen LogP contribution in [0.4, 0.5) is 0 Å². The van der Waals surface area contributed by atoms with E-state index in [4.69, 9.17) is 0 Å². The lowest BCUT2D eigenvalue weighted by Gasteiger charge is -2.34. The van der Waals surface area contributed by atoms with Crippen LogP contribution >= 0.6 is 0 Å². The predicted octanol–water partition coefficient (Wildman–Crippen LogP) is 3.16. The summed E-state index contributed by atoms with van der Waals surface area (Å²) in [7, 11) is 6.66. The minimum atomic E-state index is 0.322. The van der Waals surface area contributed by atoms with E-state index in [0.717, 1.165) is 6.54 Å². The van der Waals surface area contributed by atoms with Crippen molar-refractivity contribution in [3.05, 3.63) is 35.4 Å². The van der Waals surface area contributed by atoms with Crippen molar-refractivity contribution in [1.82, 2.24) is 9.80 Å². The molecular weight excluding hydrogens is 244 g/mol. The monoisotopic (exact) mass is 274 g/mol. The van der Waals surface area contributed by atoms with Gasteiger partial charge in [0.25, 0.3) is 0 Å². The first-order valence-electron chi connectivity index (χ1n) is 7.99.